The summed E-state index contributed by atoms with van der Waals surface area (Å²) < 4.78 is 5.31. The van der Waals surface area contributed by atoms with E-state index in [1.54, 1.807) is 0 Å². The Morgan fingerprint density at radius 1 is 1.35 bits per heavy atom. The highest BCUT2D eigenvalue weighted by atomic mass is 16.5. The summed E-state index contributed by atoms with van der Waals surface area (Å²) in [5.74, 6) is -1.53. The average Bonchev–Trinajstić information content (AvgIpc) is 2.83. The minimum Gasteiger partial charge on any atom is -0.480 e. The highest BCUT2D eigenvalue weighted by molar-refractivity contribution is 5.86. The Morgan fingerprint density at radius 2 is 2.06 bits per heavy atom. The molecule has 6 heteroatoms. The molecule has 2 unspecified atom stereocenters. The number of hydrogen-bond donors (Lipinski definition) is 2. The van der Waals surface area contributed by atoms with E-state index in [9.17, 15) is 14.7 Å². The summed E-state index contributed by atoms with van der Waals surface area (Å²) in [5, 5.41) is 18.5. The lowest BCUT2D eigenvalue weighted by Gasteiger charge is -2.23. The first-order valence-electron chi connectivity index (χ1n) is 5.82. The number of aliphatic carboxylic acids is 1. The molecule has 2 N–H and O–H groups in total. The van der Waals surface area contributed by atoms with E-state index in [0.29, 0.717) is 13.0 Å². The van der Waals surface area contributed by atoms with Gasteiger partial charge in [-0.3, -0.25) is 4.79 Å². The van der Waals surface area contributed by atoms with Gasteiger partial charge in [0.25, 0.3) is 0 Å². The zero-order valence-corrected chi connectivity index (χ0v) is 9.70. The van der Waals surface area contributed by atoms with Crippen molar-refractivity contribution < 1.29 is 24.5 Å². The molecule has 0 aromatic carbocycles. The maximum absolute atomic E-state index is 12.1. The van der Waals surface area contributed by atoms with Crippen molar-refractivity contribution in [2.45, 2.75) is 38.0 Å². The number of hydrogen-bond acceptors (Lipinski definition) is 4. The van der Waals surface area contributed by atoms with Crippen LogP contribution in [0.2, 0.25) is 0 Å². The molecule has 2 aliphatic heterocycles. The summed E-state index contributed by atoms with van der Waals surface area (Å²) in [5.41, 5.74) is 0. The van der Waals surface area contributed by atoms with Gasteiger partial charge in [0, 0.05) is 13.0 Å². The number of carbonyl (C=O) groups excluding carboxylic acids is 1. The Balaban J connectivity index is 2.05. The summed E-state index contributed by atoms with van der Waals surface area (Å²) in [7, 11) is 0. The van der Waals surface area contributed by atoms with Gasteiger partial charge in [-0.25, -0.2) is 4.79 Å². The predicted octanol–water partition coefficient (Wildman–Crippen LogP) is -0.542. The number of rotatable bonds is 2. The topological polar surface area (TPSA) is 87.1 Å². The van der Waals surface area contributed by atoms with Crippen LogP contribution in [0.25, 0.3) is 0 Å². The number of carboxylic acids is 1. The van der Waals surface area contributed by atoms with E-state index >= 15 is 0 Å². The average molecular weight is 243 g/mol. The van der Waals surface area contributed by atoms with Crippen molar-refractivity contribution in [2.75, 3.05) is 13.2 Å². The van der Waals surface area contributed by atoms with E-state index < -0.39 is 18.1 Å². The van der Waals surface area contributed by atoms with Gasteiger partial charge in [-0.2, -0.15) is 0 Å². The zero-order chi connectivity index (χ0) is 12.6. The molecule has 96 valence electrons. The number of aliphatic hydroxyl groups is 1. The molecule has 2 saturated heterocycles. The number of nitrogens with zero attached hydrogens (tertiary/aromatic N) is 1. The fourth-order valence-electron chi connectivity index (χ4n) is 2.52. The Kier molecular flexibility index (Phi) is 3.35. The third-order valence-electron chi connectivity index (χ3n) is 3.39. The van der Waals surface area contributed by atoms with Gasteiger partial charge in [0.15, 0.2) is 0 Å². The zero-order valence-electron chi connectivity index (χ0n) is 9.70. The molecule has 17 heavy (non-hydrogen) atoms. The van der Waals surface area contributed by atoms with Crippen molar-refractivity contribution in [3.05, 3.63) is 0 Å². The molecule has 2 rings (SSSR count). The first-order chi connectivity index (χ1) is 7.99. The molecule has 2 aliphatic rings. The Bertz CT molecular complexity index is 332. The van der Waals surface area contributed by atoms with Gasteiger partial charge in [0.1, 0.15) is 6.04 Å². The molecule has 4 atom stereocenters. The second kappa shape index (κ2) is 4.62. The van der Waals surface area contributed by atoms with E-state index in [1.165, 1.54) is 4.90 Å². The lowest BCUT2D eigenvalue weighted by Crippen LogP contribution is -2.43. The van der Waals surface area contributed by atoms with Crippen LogP contribution in [-0.2, 0) is 14.3 Å². The summed E-state index contributed by atoms with van der Waals surface area (Å²) in [6.07, 6.45) is 0.0432. The molecule has 0 aliphatic carbocycles. The number of amides is 1. The number of β-amino-alcohol motifs (C(OH)–C–C–N with tert-alkyl or cyclic N) is 1. The van der Waals surface area contributed by atoms with Gasteiger partial charge in [0.2, 0.25) is 5.91 Å². The number of likely N-dealkylation sites (tertiary alicyclic amines) is 1. The molecule has 0 aromatic heterocycles. The van der Waals surface area contributed by atoms with Crippen LogP contribution in [0, 0.1) is 5.92 Å². The molecular formula is C11H17NO5. The molecule has 2 heterocycles. The first kappa shape index (κ1) is 12.3. The standard InChI is InChI=1S/C11H17NO5/c1-6-2-7(5-17-6)10(14)12-4-8(13)3-9(12)11(15)16/h6-9,13H,2-5H2,1H3,(H,15,16)/t6?,7?,8-,9-/m0/s1. The summed E-state index contributed by atoms with van der Waals surface area (Å²) in [6.45, 7) is 2.35. The van der Waals surface area contributed by atoms with Crippen LogP contribution < -0.4 is 0 Å². The van der Waals surface area contributed by atoms with E-state index in [2.05, 4.69) is 0 Å². The number of ether oxygens (including phenoxy) is 1. The molecule has 0 aromatic rings. The Labute approximate surface area is 99.2 Å². The van der Waals surface area contributed by atoms with Gasteiger partial charge in [0.05, 0.1) is 24.7 Å². The second-order valence-corrected chi connectivity index (χ2v) is 4.81. The minimum absolute atomic E-state index is 0.0414. The predicted molar refractivity (Wildman–Crippen MR) is 57.3 cm³/mol. The van der Waals surface area contributed by atoms with Crippen LogP contribution in [0.15, 0.2) is 0 Å². The summed E-state index contributed by atoms with van der Waals surface area (Å²) >= 11 is 0. The summed E-state index contributed by atoms with van der Waals surface area (Å²) in [6, 6.07) is -0.895. The van der Waals surface area contributed by atoms with Crippen LogP contribution in [0.1, 0.15) is 19.8 Å². The van der Waals surface area contributed by atoms with Crippen molar-refractivity contribution in [1.82, 2.24) is 4.90 Å². The molecule has 0 bridgehead atoms. The quantitative estimate of drug-likeness (QED) is 0.680. The van der Waals surface area contributed by atoms with E-state index in [-0.39, 0.29) is 30.9 Å². The van der Waals surface area contributed by atoms with Crippen LogP contribution in [0.3, 0.4) is 0 Å². The van der Waals surface area contributed by atoms with Crippen molar-refractivity contribution in [3.63, 3.8) is 0 Å². The normalized spacial score (nSPS) is 37.4. The highest BCUT2D eigenvalue weighted by Gasteiger charge is 2.42. The van der Waals surface area contributed by atoms with Gasteiger partial charge in [-0.15, -0.1) is 0 Å². The van der Waals surface area contributed by atoms with E-state index in [0.717, 1.165) is 0 Å². The fourth-order valence-corrected chi connectivity index (χ4v) is 2.52. The number of carbonyl (C=O) groups is 2. The maximum atomic E-state index is 12.1. The molecule has 0 saturated carbocycles. The molecule has 6 nitrogen and oxygen atoms in total. The Hall–Kier alpha value is -1.14. The molecule has 1 amide bonds. The largest absolute Gasteiger partial charge is 0.480 e. The van der Waals surface area contributed by atoms with Crippen LogP contribution >= 0.6 is 0 Å². The van der Waals surface area contributed by atoms with Crippen LogP contribution in [-0.4, -0.2) is 58.4 Å². The minimum atomic E-state index is -1.05. The third-order valence-corrected chi connectivity index (χ3v) is 3.39. The van der Waals surface area contributed by atoms with Crippen LogP contribution in [0.5, 0.6) is 0 Å². The summed E-state index contributed by atoms with van der Waals surface area (Å²) in [4.78, 5) is 24.4. The van der Waals surface area contributed by atoms with Crippen LogP contribution in [0.4, 0.5) is 0 Å². The first-order valence-corrected chi connectivity index (χ1v) is 5.82. The fraction of sp³-hybridized carbons (Fsp3) is 0.818. The highest BCUT2D eigenvalue weighted by Crippen LogP contribution is 2.26. The molecular weight excluding hydrogens is 226 g/mol. The molecule has 0 spiro atoms. The monoisotopic (exact) mass is 243 g/mol. The van der Waals surface area contributed by atoms with E-state index in [4.69, 9.17) is 9.84 Å². The van der Waals surface area contributed by atoms with Crippen molar-refractivity contribution in [3.8, 4) is 0 Å². The number of carboxylic acid groups (broad SMARTS) is 1. The lowest BCUT2D eigenvalue weighted by molar-refractivity contribution is -0.149. The van der Waals surface area contributed by atoms with Gasteiger partial charge in [-0.1, -0.05) is 0 Å². The number of aliphatic hydroxyl groups excluding tert-OH is 1. The van der Waals surface area contributed by atoms with Crippen molar-refractivity contribution in [1.29, 1.82) is 0 Å². The van der Waals surface area contributed by atoms with E-state index in [1.807, 2.05) is 6.92 Å². The smallest absolute Gasteiger partial charge is 0.326 e. The Morgan fingerprint density at radius 3 is 2.59 bits per heavy atom. The SMILES string of the molecule is CC1CC(C(=O)N2C[C@@H](O)C[C@H]2C(=O)O)CO1. The molecule has 2 fully saturated rings. The van der Waals surface area contributed by atoms with Gasteiger partial charge < -0.3 is 19.8 Å². The lowest BCUT2D eigenvalue weighted by atomic mass is 10.0. The van der Waals surface area contributed by atoms with Gasteiger partial charge >= 0.3 is 5.97 Å². The molecule has 0 radical (unpaired) electrons. The van der Waals surface area contributed by atoms with Gasteiger partial charge in [-0.05, 0) is 13.3 Å². The van der Waals surface area contributed by atoms with Crippen molar-refractivity contribution in [2.24, 2.45) is 5.92 Å². The van der Waals surface area contributed by atoms with Crippen molar-refractivity contribution >= 4 is 11.9 Å². The maximum Gasteiger partial charge on any atom is 0.326 e. The second-order valence-electron chi connectivity index (χ2n) is 4.81. The third kappa shape index (κ3) is 2.42.